The Morgan fingerprint density at radius 1 is 0.500 bits per heavy atom. The Kier molecular flexibility index (Phi) is 5.98. The van der Waals surface area contributed by atoms with E-state index in [9.17, 15) is 0 Å². The highest BCUT2D eigenvalue weighted by Gasteiger charge is 2.55. The van der Waals surface area contributed by atoms with Crippen molar-refractivity contribution in [1.82, 2.24) is 0 Å². The van der Waals surface area contributed by atoms with Gasteiger partial charge in [0.25, 0.3) is 0 Å². The fraction of sp³-hybridized carbons (Fsp3) is 0.550. The highest BCUT2D eigenvalue weighted by Crippen LogP contribution is 2.66. The lowest BCUT2D eigenvalue weighted by Gasteiger charge is -2.58. The van der Waals surface area contributed by atoms with Crippen molar-refractivity contribution in [3.8, 4) is 23.0 Å². The number of ether oxygens (including phenoxy) is 2. The van der Waals surface area contributed by atoms with Crippen LogP contribution in [-0.4, -0.2) is 0 Å². The number of rotatable bonds is 6. The zero-order valence-electron chi connectivity index (χ0n) is 26.5. The second-order valence-electron chi connectivity index (χ2n) is 16.4. The standard InChI is InChI=1S/C40H48N2O2/c1-23-33(41)5-3-7-35(23)43-37-31(39-17-25-11-26(18-39)13-27(12-25)19-39)9-10-32(38(37)44-36-8-4-6-34(42)24(36)2)40-20-28-14-29(21-40)16-30(15-28)22-40/h3-10,25-30H,11-22,41-42H2,1-2H3. The van der Waals surface area contributed by atoms with E-state index in [0.717, 1.165) is 81.0 Å². The van der Waals surface area contributed by atoms with Crippen molar-refractivity contribution in [2.45, 2.75) is 102 Å². The first-order valence-corrected chi connectivity index (χ1v) is 17.5. The van der Waals surface area contributed by atoms with Crippen LogP contribution in [0.4, 0.5) is 11.4 Å². The lowest BCUT2D eigenvalue weighted by molar-refractivity contribution is -0.00833. The summed E-state index contributed by atoms with van der Waals surface area (Å²) < 4.78 is 14.5. The first-order valence-electron chi connectivity index (χ1n) is 17.5. The molecule has 4 heteroatoms. The first-order chi connectivity index (χ1) is 21.3. The van der Waals surface area contributed by atoms with Crippen LogP contribution < -0.4 is 20.9 Å². The Morgan fingerprint density at radius 2 is 0.818 bits per heavy atom. The lowest BCUT2D eigenvalue weighted by atomic mass is 9.47. The fourth-order valence-electron chi connectivity index (χ4n) is 12.2. The van der Waals surface area contributed by atoms with E-state index in [1.165, 1.54) is 88.2 Å². The number of hydrogen-bond donors (Lipinski definition) is 2. The highest BCUT2D eigenvalue weighted by molar-refractivity contribution is 5.64. The molecule has 8 bridgehead atoms. The molecule has 0 spiro atoms. The fourth-order valence-corrected chi connectivity index (χ4v) is 12.2. The molecule has 0 aromatic heterocycles. The first kappa shape index (κ1) is 27.2. The van der Waals surface area contributed by atoms with Gasteiger partial charge >= 0.3 is 0 Å². The molecule has 11 rings (SSSR count). The molecule has 44 heavy (non-hydrogen) atoms. The second kappa shape index (κ2) is 9.68. The van der Waals surface area contributed by atoms with Gasteiger partial charge < -0.3 is 20.9 Å². The van der Waals surface area contributed by atoms with Gasteiger partial charge in [0.05, 0.1) is 0 Å². The zero-order chi connectivity index (χ0) is 29.8. The average molecular weight is 589 g/mol. The summed E-state index contributed by atoms with van der Waals surface area (Å²) >= 11 is 0. The number of anilines is 2. The third-order valence-electron chi connectivity index (χ3n) is 13.4. The quantitative estimate of drug-likeness (QED) is 0.281. The molecule has 0 unspecified atom stereocenters. The number of benzene rings is 3. The molecule has 8 aliphatic rings. The maximum atomic E-state index is 7.25. The van der Waals surface area contributed by atoms with E-state index in [-0.39, 0.29) is 10.8 Å². The van der Waals surface area contributed by atoms with Crippen molar-refractivity contribution in [2.24, 2.45) is 35.5 Å². The van der Waals surface area contributed by atoms with E-state index in [2.05, 4.69) is 38.1 Å². The van der Waals surface area contributed by atoms with Crippen molar-refractivity contribution >= 4 is 11.4 Å². The van der Waals surface area contributed by atoms with E-state index < -0.39 is 0 Å². The third kappa shape index (κ3) is 4.15. The van der Waals surface area contributed by atoms with Gasteiger partial charge in [-0.3, -0.25) is 0 Å². The normalized spacial score (nSPS) is 36.1. The van der Waals surface area contributed by atoms with Gasteiger partial charge in [-0.2, -0.15) is 0 Å². The molecule has 0 aliphatic heterocycles. The minimum atomic E-state index is 0.154. The maximum absolute atomic E-state index is 7.25. The van der Waals surface area contributed by atoms with Crippen molar-refractivity contribution in [1.29, 1.82) is 0 Å². The minimum absolute atomic E-state index is 0.154. The molecule has 0 saturated heterocycles. The number of nitrogens with two attached hydrogens (primary N) is 2. The summed E-state index contributed by atoms with van der Waals surface area (Å²) in [5.41, 5.74) is 19.5. The smallest absolute Gasteiger partial charge is 0.174 e. The molecule has 0 atom stereocenters. The molecule has 0 amide bonds. The van der Waals surface area contributed by atoms with Crippen molar-refractivity contribution < 1.29 is 9.47 Å². The van der Waals surface area contributed by atoms with Gasteiger partial charge in [-0.25, -0.2) is 0 Å². The second-order valence-corrected chi connectivity index (χ2v) is 16.4. The Hall–Kier alpha value is -3.14. The van der Waals surface area contributed by atoms with E-state index in [1.807, 2.05) is 24.3 Å². The van der Waals surface area contributed by atoms with Crippen LogP contribution >= 0.6 is 0 Å². The van der Waals surface area contributed by atoms with Crippen LogP contribution in [0.5, 0.6) is 23.0 Å². The summed E-state index contributed by atoms with van der Waals surface area (Å²) in [5.74, 6) is 8.63. The molecule has 0 heterocycles. The van der Waals surface area contributed by atoms with Gasteiger partial charge in [-0.1, -0.05) is 24.3 Å². The predicted molar refractivity (Wildman–Crippen MR) is 177 cm³/mol. The van der Waals surface area contributed by atoms with Crippen LogP contribution in [0.2, 0.25) is 0 Å². The third-order valence-corrected chi connectivity index (χ3v) is 13.4. The van der Waals surface area contributed by atoms with Crippen LogP contribution in [0.1, 0.15) is 99.3 Å². The lowest BCUT2D eigenvalue weighted by Crippen LogP contribution is -2.49. The van der Waals surface area contributed by atoms with Crippen LogP contribution in [0.15, 0.2) is 48.5 Å². The summed E-state index contributed by atoms with van der Waals surface area (Å²) in [4.78, 5) is 0. The summed E-state index contributed by atoms with van der Waals surface area (Å²) in [7, 11) is 0. The predicted octanol–water partition coefficient (Wildman–Crippen LogP) is 9.99. The summed E-state index contributed by atoms with van der Waals surface area (Å²) in [6, 6.07) is 17.2. The van der Waals surface area contributed by atoms with Crippen LogP contribution in [0.25, 0.3) is 0 Å². The highest BCUT2D eigenvalue weighted by atomic mass is 16.5. The van der Waals surface area contributed by atoms with E-state index in [4.69, 9.17) is 20.9 Å². The summed E-state index contributed by atoms with van der Waals surface area (Å²) in [6.07, 6.45) is 16.2. The number of nitrogen functional groups attached to an aromatic ring is 2. The van der Waals surface area contributed by atoms with E-state index in [1.54, 1.807) is 0 Å². The molecule has 0 radical (unpaired) electrons. The van der Waals surface area contributed by atoms with E-state index in [0.29, 0.717) is 0 Å². The van der Waals surface area contributed by atoms with Gasteiger partial charge in [0, 0.05) is 33.6 Å². The van der Waals surface area contributed by atoms with Crippen LogP contribution in [-0.2, 0) is 10.8 Å². The summed E-state index contributed by atoms with van der Waals surface area (Å²) in [6.45, 7) is 4.17. The Labute approximate surface area is 262 Å². The van der Waals surface area contributed by atoms with Crippen LogP contribution in [0, 0.1) is 49.4 Å². The van der Waals surface area contributed by atoms with Crippen molar-refractivity contribution in [2.75, 3.05) is 11.5 Å². The maximum Gasteiger partial charge on any atom is 0.174 e. The molecule has 3 aromatic carbocycles. The molecular weight excluding hydrogens is 540 g/mol. The van der Waals surface area contributed by atoms with Gasteiger partial charge in [0.1, 0.15) is 11.5 Å². The molecule has 4 N–H and O–H groups in total. The summed E-state index contributed by atoms with van der Waals surface area (Å²) in [5, 5.41) is 0. The SMILES string of the molecule is Cc1c(N)cccc1Oc1c(C23CC4CC(CC(C4)C2)C3)ccc(C23CC4CC(CC(C4)C2)C3)c1Oc1cccc(N)c1C. The van der Waals surface area contributed by atoms with Crippen molar-refractivity contribution in [3.63, 3.8) is 0 Å². The topological polar surface area (TPSA) is 70.5 Å². The zero-order valence-corrected chi connectivity index (χ0v) is 26.5. The number of hydrogen-bond acceptors (Lipinski definition) is 4. The van der Waals surface area contributed by atoms with Crippen LogP contribution in [0.3, 0.4) is 0 Å². The monoisotopic (exact) mass is 588 g/mol. The molecule has 8 saturated carbocycles. The van der Waals surface area contributed by atoms with Gasteiger partial charge in [0.2, 0.25) is 0 Å². The molecule has 3 aromatic rings. The van der Waals surface area contributed by atoms with E-state index >= 15 is 0 Å². The average Bonchev–Trinajstić information content (AvgIpc) is 2.97. The van der Waals surface area contributed by atoms with Crippen molar-refractivity contribution in [3.05, 3.63) is 70.8 Å². The Balaban J connectivity index is 1.28. The molecular formula is C40H48N2O2. The van der Waals surface area contributed by atoms with Gasteiger partial charge in [-0.15, -0.1) is 0 Å². The molecule has 4 nitrogen and oxygen atoms in total. The largest absolute Gasteiger partial charge is 0.453 e. The minimum Gasteiger partial charge on any atom is -0.453 e. The Bertz CT molecular complexity index is 1450. The van der Waals surface area contributed by atoms with Gasteiger partial charge in [-0.05, 0) is 162 Å². The Morgan fingerprint density at radius 3 is 1.14 bits per heavy atom. The molecule has 230 valence electrons. The molecule has 8 fully saturated rings. The molecule has 8 aliphatic carbocycles. The van der Waals surface area contributed by atoms with Gasteiger partial charge in [0.15, 0.2) is 11.5 Å².